The average Bonchev–Trinajstić information content (AvgIpc) is 0.906. The number of phosphoric ester groups is 2. The van der Waals surface area contributed by atoms with Crippen LogP contribution in [-0.4, -0.2) is 96.7 Å². The molecule has 0 radical (unpaired) electrons. The van der Waals surface area contributed by atoms with E-state index in [1.807, 2.05) is 12.2 Å². The van der Waals surface area contributed by atoms with Crippen LogP contribution in [0.1, 0.15) is 310 Å². The number of esters is 4. The number of hydrogen-bond donors (Lipinski definition) is 3. The summed E-state index contributed by atoms with van der Waals surface area (Å²) < 4.78 is 68.6. The standard InChI is InChI=1S/C91H148O17P2/c1-5-9-13-17-21-25-29-33-37-40-42-45-48-52-56-60-64-68-72-76-89(94)102-82-87(107-90(95)77-73-69-65-61-57-53-49-44-39-35-31-27-23-19-15-11-7-3)84-106-110(99,100)104-80-85(92)79-103-109(97,98)105-83-86(81-101-88(93)75-71-67-63-59-55-51-47-36-32-28-24-20-16-12-8-4)108-91(96)78-74-70-66-62-58-54-50-46-43-41-38-34-30-26-22-18-14-10-6-2/h9-10,13-14,21-23,25-27,33-39,42-43,45-47,49,52-54,56,58,61,65,85-87,92H,5-8,11-12,15-20,24,28-32,40-41,44,48,50-51,55,57,59-60,62-64,66-84H2,1-4H3,(H,97,98)(H,99,100)/b13-9-,14-10-,25-21-,26-22-,27-23-,37-33-,38-34-,39-35-,45-42-,46-43-,47-36-,53-49-,56-52-,58-54-,65-61-/t85-,86+,87+/m0/s1. The van der Waals surface area contributed by atoms with Crippen molar-refractivity contribution in [3.05, 3.63) is 182 Å². The van der Waals surface area contributed by atoms with Gasteiger partial charge in [-0.1, -0.05) is 287 Å². The molecule has 0 aromatic rings. The number of carbonyl (C=O) groups is 4. The predicted octanol–water partition coefficient (Wildman–Crippen LogP) is 25.1. The van der Waals surface area contributed by atoms with E-state index < -0.39 is 97.5 Å². The second-order valence-electron chi connectivity index (χ2n) is 27.3. The van der Waals surface area contributed by atoms with Crippen LogP contribution in [0.5, 0.6) is 0 Å². The first-order chi connectivity index (χ1) is 53.7. The Morgan fingerprint density at radius 2 is 0.482 bits per heavy atom. The molecule has 0 spiro atoms. The van der Waals surface area contributed by atoms with E-state index in [1.165, 1.54) is 57.8 Å². The van der Waals surface area contributed by atoms with Gasteiger partial charge in [0.25, 0.3) is 0 Å². The molecule has 624 valence electrons. The molecule has 0 rings (SSSR count). The van der Waals surface area contributed by atoms with E-state index in [2.05, 4.69) is 198 Å². The van der Waals surface area contributed by atoms with Gasteiger partial charge in [-0.2, -0.15) is 0 Å². The lowest BCUT2D eigenvalue weighted by atomic mass is 10.1. The second kappa shape index (κ2) is 81.2. The molecule has 0 heterocycles. The van der Waals surface area contributed by atoms with E-state index in [4.69, 9.17) is 37.0 Å². The fraction of sp³-hybridized carbons (Fsp3) is 0.626. The summed E-state index contributed by atoms with van der Waals surface area (Å²) in [5.74, 6) is -2.34. The largest absolute Gasteiger partial charge is 0.472 e. The van der Waals surface area contributed by atoms with E-state index in [9.17, 15) is 43.2 Å². The van der Waals surface area contributed by atoms with Gasteiger partial charge in [0.05, 0.1) is 26.4 Å². The summed E-state index contributed by atoms with van der Waals surface area (Å²) in [6.07, 6.45) is 98.7. The Labute approximate surface area is 666 Å². The van der Waals surface area contributed by atoms with Crippen molar-refractivity contribution < 1.29 is 80.2 Å². The van der Waals surface area contributed by atoms with Gasteiger partial charge in [0.2, 0.25) is 0 Å². The number of aliphatic hydroxyl groups excluding tert-OH is 1. The highest BCUT2D eigenvalue weighted by atomic mass is 31.2. The van der Waals surface area contributed by atoms with Crippen LogP contribution in [0.3, 0.4) is 0 Å². The fourth-order valence-electron chi connectivity index (χ4n) is 10.5. The molecule has 0 saturated heterocycles. The van der Waals surface area contributed by atoms with Crippen molar-refractivity contribution in [2.24, 2.45) is 0 Å². The quantitative estimate of drug-likeness (QED) is 0.0169. The van der Waals surface area contributed by atoms with Crippen molar-refractivity contribution in [1.29, 1.82) is 0 Å². The third-order valence-electron chi connectivity index (χ3n) is 16.8. The van der Waals surface area contributed by atoms with Gasteiger partial charge in [0.1, 0.15) is 19.3 Å². The van der Waals surface area contributed by atoms with Crippen molar-refractivity contribution >= 4 is 39.5 Å². The summed E-state index contributed by atoms with van der Waals surface area (Å²) in [5.41, 5.74) is 0. The van der Waals surface area contributed by atoms with Gasteiger partial charge in [-0.05, 0) is 180 Å². The van der Waals surface area contributed by atoms with Gasteiger partial charge in [-0.25, -0.2) is 9.13 Å². The number of phosphoric acid groups is 2. The molecule has 2 unspecified atom stereocenters. The average molecular weight is 1580 g/mol. The molecule has 0 amide bonds. The van der Waals surface area contributed by atoms with Crippen LogP contribution in [0, 0.1) is 0 Å². The number of rotatable bonds is 77. The zero-order valence-electron chi connectivity index (χ0n) is 68.4. The summed E-state index contributed by atoms with van der Waals surface area (Å²) in [6, 6.07) is 0. The van der Waals surface area contributed by atoms with Crippen molar-refractivity contribution in [1.82, 2.24) is 0 Å². The minimum atomic E-state index is -5.02. The van der Waals surface area contributed by atoms with E-state index >= 15 is 0 Å². The molecule has 0 aliphatic carbocycles. The molecule has 0 fully saturated rings. The molecule has 0 aromatic heterocycles. The van der Waals surface area contributed by atoms with Crippen LogP contribution in [0.4, 0.5) is 0 Å². The monoisotopic (exact) mass is 1580 g/mol. The lowest BCUT2D eigenvalue weighted by Crippen LogP contribution is -2.30. The van der Waals surface area contributed by atoms with Crippen LogP contribution in [0.15, 0.2) is 182 Å². The summed E-state index contributed by atoms with van der Waals surface area (Å²) in [6.45, 7) is 4.46. The van der Waals surface area contributed by atoms with Crippen molar-refractivity contribution in [2.45, 2.75) is 329 Å². The van der Waals surface area contributed by atoms with Gasteiger partial charge in [-0.3, -0.25) is 37.3 Å². The maximum atomic E-state index is 13.1. The van der Waals surface area contributed by atoms with E-state index in [1.54, 1.807) is 0 Å². The van der Waals surface area contributed by atoms with E-state index in [0.717, 1.165) is 167 Å². The highest BCUT2D eigenvalue weighted by molar-refractivity contribution is 7.47. The highest BCUT2D eigenvalue weighted by Gasteiger charge is 2.30. The molecule has 0 bridgehead atoms. The Hall–Kier alpha value is -5.84. The lowest BCUT2D eigenvalue weighted by Gasteiger charge is -2.21. The van der Waals surface area contributed by atoms with Crippen LogP contribution in [0.25, 0.3) is 0 Å². The maximum absolute atomic E-state index is 13.1. The maximum Gasteiger partial charge on any atom is 0.472 e. The summed E-state index contributed by atoms with van der Waals surface area (Å²) in [4.78, 5) is 73.2. The Kier molecular flexibility index (Phi) is 76.9. The van der Waals surface area contributed by atoms with Gasteiger partial charge in [0.15, 0.2) is 12.2 Å². The van der Waals surface area contributed by atoms with E-state index in [0.29, 0.717) is 32.1 Å². The molecule has 3 N–H and O–H groups in total. The molecule has 5 atom stereocenters. The molecule has 0 aromatic carbocycles. The van der Waals surface area contributed by atoms with Gasteiger partial charge >= 0.3 is 39.5 Å². The number of ether oxygens (including phenoxy) is 4. The summed E-state index contributed by atoms with van der Waals surface area (Å²) in [5, 5.41) is 10.7. The molecule has 19 heteroatoms. The number of hydrogen-bond acceptors (Lipinski definition) is 15. The molecule has 0 saturated carbocycles. The third-order valence-corrected chi connectivity index (χ3v) is 18.7. The number of carbonyl (C=O) groups excluding carboxylic acids is 4. The second-order valence-corrected chi connectivity index (χ2v) is 30.2. The molecule has 110 heavy (non-hydrogen) atoms. The lowest BCUT2D eigenvalue weighted by molar-refractivity contribution is -0.161. The van der Waals surface area contributed by atoms with Gasteiger partial charge < -0.3 is 33.8 Å². The molecular weight excluding hydrogens is 1430 g/mol. The first kappa shape index (κ1) is 104. The van der Waals surface area contributed by atoms with Crippen LogP contribution < -0.4 is 0 Å². The smallest absolute Gasteiger partial charge is 0.462 e. The Morgan fingerprint density at radius 3 is 0.800 bits per heavy atom. The van der Waals surface area contributed by atoms with Crippen LogP contribution >= 0.6 is 15.6 Å². The number of unbranched alkanes of at least 4 members (excludes halogenated alkanes) is 21. The van der Waals surface area contributed by atoms with Gasteiger partial charge in [-0.15, -0.1) is 0 Å². The van der Waals surface area contributed by atoms with Crippen LogP contribution in [-0.2, 0) is 65.4 Å². The third kappa shape index (κ3) is 80.2. The topological polar surface area (TPSA) is 237 Å². The Balaban J connectivity index is 5.52. The zero-order chi connectivity index (χ0) is 80.3. The normalized spacial score (nSPS) is 14.7. The Bertz CT molecular complexity index is 2800. The van der Waals surface area contributed by atoms with Crippen molar-refractivity contribution in [2.75, 3.05) is 39.6 Å². The molecule has 0 aliphatic rings. The minimum Gasteiger partial charge on any atom is -0.462 e. The number of aliphatic hydroxyl groups is 1. The minimum absolute atomic E-state index is 0.00368. The zero-order valence-corrected chi connectivity index (χ0v) is 70.1. The SMILES string of the molecule is CC/C=C\C/C=C\C/C=C\C/C=C\C/C=C\CCCCCC(=O)OC[C@H](COP(=O)(O)OC[C@@H](O)COP(=O)(O)OC[C@@H](COC(=O)CCCCCCC/C=C\CCCCCCCC)OC(=O)CCCCC/C=C\C/C=C\C/C=C\C/C=C\C/C=C\CC)OC(=O)CCC/C=C\C/C=C\C/C=C\C/C=C\CCCCC. The first-order valence-electron chi connectivity index (χ1n) is 42.0. The molecule has 17 nitrogen and oxygen atoms in total. The van der Waals surface area contributed by atoms with Crippen LogP contribution in [0.2, 0.25) is 0 Å². The number of allylic oxidation sites excluding steroid dienone is 30. The van der Waals surface area contributed by atoms with Crippen molar-refractivity contribution in [3.8, 4) is 0 Å². The molecular formula is C91H148O17P2. The summed E-state index contributed by atoms with van der Waals surface area (Å²) in [7, 11) is -10.0. The van der Waals surface area contributed by atoms with E-state index in [-0.39, 0.29) is 25.7 Å². The van der Waals surface area contributed by atoms with Crippen molar-refractivity contribution in [3.63, 3.8) is 0 Å². The first-order valence-corrected chi connectivity index (χ1v) is 45.0. The van der Waals surface area contributed by atoms with Gasteiger partial charge in [0, 0.05) is 25.7 Å². The predicted molar refractivity (Wildman–Crippen MR) is 454 cm³/mol. The Morgan fingerprint density at radius 1 is 0.264 bits per heavy atom. The highest BCUT2D eigenvalue weighted by Crippen LogP contribution is 2.45. The fourth-order valence-corrected chi connectivity index (χ4v) is 12.1. The summed E-state index contributed by atoms with van der Waals surface area (Å²) >= 11 is 0. The molecule has 0 aliphatic heterocycles.